The molecule has 0 saturated heterocycles. The standard InChI is InChI=1S/C25H24N4S4/c1-11-8-13-14-9-17(12-6-7-16(24(2,3)26)20-19(12)28-33-29-20)31-22(14)23-15(21(13)30-11)10-18(32-23)25(4,5)27/h6-10H,26-27H2,1-5H3. The van der Waals surface area contributed by atoms with Crippen LogP contribution in [0.1, 0.15) is 43.0 Å². The van der Waals surface area contributed by atoms with Crippen molar-refractivity contribution in [2.75, 3.05) is 0 Å². The second kappa shape index (κ2) is 7.04. The average Bonchev–Trinajstić information content (AvgIpc) is 3.47. The number of benzene rings is 2. The Labute approximate surface area is 208 Å². The number of thiophene rings is 3. The molecule has 4 heterocycles. The van der Waals surface area contributed by atoms with Crippen molar-refractivity contribution in [3.05, 3.63) is 45.6 Å². The molecule has 33 heavy (non-hydrogen) atoms. The van der Waals surface area contributed by atoms with Gasteiger partial charge in [-0.25, -0.2) is 0 Å². The molecular formula is C25H24N4S4. The molecule has 0 aliphatic heterocycles. The first-order chi connectivity index (χ1) is 15.5. The first-order valence-electron chi connectivity index (χ1n) is 10.8. The fourth-order valence-electron chi connectivity index (χ4n) is 4.44. The summed E-state index contributed by atoms with van der Waals surface area (Å²) in [7, 11) is 0. The van der Waals surface area contributed by atoms with Gasteiger partial charge in [-0.1, -0.05) is 12.1 Å². The van der Waals surface area contributed by atoms with Crippen LogP contribution in [0.3, 0.4) is 0 Å². The summed E-state index contributed by atoms with van der Waals surface area (Å²) in [5.74, 6) is 0. The number of hydrogen-bond donors (Lipinski definition) is 2. The molecule has 4 nitrogen and oxygen atoms in total. The molecule has 2 aromatic carbocycles. The van der Waals surface area contributed by atoms with Gasteiger partial charge < -0.3 is 11.5 Å². The van der Waals surface area contributed by atoms with E-state index in [1.54, 1.807) is 0 Å². The minimum atomic E-state index is -0.471. The van der Waals surface area contributed by atoms with Gasteiger partial charge in [-0.2, -0.15) is 8.75 Å². The Morgan fingerprint density at radius 2 is 1.42 bits per heavy atom. The molecule has 6 aromatic rings. The van der Waals surface area contributed by atoms with Gasteiger partial charge in [0.2, 0.25) is 0 Å². The highest BCUT2D eigenvalue weighted by Crippen LogP contribution is 2.49. The zero-order chi connectivity index (χ0) is 23.3. The molecule has 0 aliphatic carbocycles. The fourth-order valence-corrected chi connectivity index (χ4v) is 8.66. The van der Waals surface area contributed by atoms with E-state index >= 15 is 0 Å². The first-order valence-corrected chi connectivity index (χ1v) is 13.9. The summed E-state index contributed by atoms with van der Waals surface area (Å²) in [5, 5.41) is 3.96. The monoisotopic (exact) mass is 508 g/mol. The molecular weight excluding hydrogens is 485 g/mol. The third kappa shape index (κ3) is 3.27. The highest BCUT2D eigenvalue weighted by atomic mass is 32.1. The Balaban J connectivity index is 1.69. The third-order valence-corrected chi connectivity index (χ3v) is 10.5. The van der Waals surface area contributed by atoms with Crippen molar-refractivity contribution in [1.82, 2.24) is 8.75 Å². The maximum Gasteiger partial charge on any atom is 0.113 e. The van der Waals surface area contributed by atoms with E-state index < -0.39 is 5.54 Å². The van der Waals surface area contributed by atoms with Gasteiger partial charge in [0.1, 0.15) is 11.0 Å². The number of nitrogens with two attached hydrogens (primary N) is 2. The average molecular weight is 509 g/mol. The van der Waals surface area contributed by atoms with Crippen molar-refractivity contribution in [3.63, 3.8) is 0 Å². The second-order valence-electron chi connectivity index (χ2n) is 9.87. The number of hydrogen-bond acceptors (Lipinski definition) is 8. The summed E-state index contributed by atoms with van der Waals surface area (Å²) in [6.45, 7) is 10.4. The van der Waals surface area contributed by atoms with Crippen LogP contribution in [0.25, 0.3) is 51.7 Å². The number of fused-ring (bicyclic) bond motifs is 7. The molecule has 0 bridgehead atoms. The maximum absolute atomic E-state index is 6.50. The number of aryl methyl sites for hydroxylation is 1. The zero-order valence-electron chi connectivity index (χ0n) is 19.1. The predicted octanol–water partition coefficient (Wildman–Crippen LogP) is 7.70. The molecule has 8 heteroatoms. The van der Waals surface area contributed by atoms with Crippen LogP contribution in [-0.4, -0.2) is 8.75 Å². The molecule has 168 valence electrons. The summed E-state index contributed by atoms with van der Waals surface area (Å²) in [6.07, 6.45) is 0. The van der Waals surface area contributed by atoms with Gasteiger partial charge >= 0.3 is 0 Å². The van der Waals surface area contributed by atoms with Gasteiger partial charge in [0.05, 0.1) is 21.1 Å². The van der Waals surface area contributed by atoms with Crippen LogP contribution < -0.4 is 11.5 Å². The SMILES string of the molecule is Cc1cc2c3cc(-c4ccc(C(C)(C)N)c5nsnc45)sc3c3sc(C(C)(C)N)cc3c2s1. The van der Waals surface area contributed by atoms with Crippen molar-refractivity contribution in [1.29, 1.82) is 0 Å². The van der Waals surface area contributed by atoms with Crippen molar-refractivity contribution in [2.24, 2.45) is 11.5 Å². The third-order valence-electron chi connectivity index (χ3n) is 6.07. The van der Waals surface area contributed by atoms with E-state index in [4.69, 9.17) is 11.5 Å². The predicted molar refractivity (Wildman–Crippen MR) is 148 cm³/mol. The molecule has 0 saturated carbocycles. The molecule has 0 amide bonds. The summed E-state index contributed by atoms with van der Waals surface area (Å²) >= 11 is 6.79. The molecule has 4 aromatic heterocycles. The summed E-state index contributed by atoms with van der Waals surface area (Å²) in [5.41, 5.74) is 16.1. The lowest BCUT2D eigenvalue weighted by Crippen LogP contribution is -2.28. The van der Waals surface area contributed by atoms with Crippen molar-refractivity contribution in [2.45, 2.75) is 45.7 Å². The number of rotatable bonds is 3. The topological polar surface area (TPSA) is 77.8 Å². The lowest BCUT2D eigenvalue weighted by atomic mass is 9.92. The normalized spacial score (nSPS) is 13.3. The van der Waals surface area contributed by atoms with E-state index in [0.29, 0.717) is 0 Å². The van der Waals surface area contributed by atoms with Gasteiger partial charge in [0.15, 0.2) is 0 Å². The summed E-state index contributed by atoms with van der Waals surface area (Å²) < 4.78 is 13.3. The van der Waals surface area contributed by atoms with Crippen LogP contribution in [0, 0.1) is 6.92 Å². The number of aromatic nitrogens is 2. The van der Waals surface area contributed by atoms with Crippen LogP contribution in [0.5, 0.6) is 0 Å². The van der Waals surface area contributed by atoms with E-state index in [2.05, 4.69) is 59.9 Å². The Morgan fingerprint density at radius 3 is 2.15 bits per heavy atom. The fraction of sp³-hybridized carbons (Fsp3) is 0.280. The van der Waals surface area contributed by atoms with Crippen molar-refractivity contribution < 1.29 is 0 Å². The number of nitrogens with zero attached hydrogens (tertiary/aromatic N) is 2. The van der Waals surface area contributed by atoms with Crippen LogP contribution >= 0.6 is 45.7 Å². The molecule has 0 spiro atoms. The van der Waals surface area contributed by atoms with Gasteiger partial charge in [-0.05, 0) is 52.8 Å². The van der Waals surface area contributed by atoms with Crippen LogP contribution in [0.15, 0.2) is 30.3 Å². The van der Waals surface area contributed by atoms with E-state index in [1.165, 1.54) is 56.6 Å². The molecule has 0 radical (unpaired) electrons. The molecule has 6 rings (SSSR count). The zero-order valence-corrected chi connectivity index (χ0v) is 22.3. The smallest absolute Gasteiger partial charge is 0.113 e. The van der Waals surface area contributed by atoms with E-state index in [0.717, 1.165) is 22.2 Å². The Morgan fingerprint density at radius 1 is 0.727 bits per heavy atom. The Hall–Kier alpha value is -1.94. The lowest BCUT2D eigenvalue weighted by Gasteiger charge is -2.19. The maximum atomic E-state index is 6.50. The molecule has 0 unspecified atom stereocenters. The quantitative estimate of drug-likeness (QED) is 0.257. The molecule has 0 atom stereocenters. The second-order valence-corrected chi connectivity index (χ2v) is 13.8. The van der Waals surface area contributed by atoms with Crippen LogP contribution in [-0.2, 0) is 11.1 Å². The van der Waals surface area contributed by atoms with E-state index in [-0.39, 0.29) is 5.54 Å². The summed E-state index contributed by atoms with van der Waals surface area (Å²) in [6, 6.07) is 11.2. The largest absolute Gasteiger partial charge is 0.322 e. The molecule has 4 N–H and O–H groups in total. The van der Waals surface area contributed by atoms with Crippen molar-refractivity contribution >= 4 is 87.0 Å². The lowest BCUT2D eigenvalue weighted by molar-refractivity contribution is 0.559. The van der Waals surface area contributed by atoms with Crippen LogP contribution in [0.4, 0.5) is 0 Å². The van der Waals surface area contributed by atoms with E-state index in [1.807, 2.05) is 47.9 Å². The Kier molecular flexibility index (Phi) is 4.60. The molecule has 0 aliphatic rings. The summed E-state index contributed by atoms with van der Waals surface area (Å²) in [4.78, 5) is 3.75. The first kappa shape index (κ1) is 21.6. The Bertz CT molecular complexity index is 1700. The minimum Gasteiger partial charge on any atom is -0.322 e. The van der Waals surface area contributed by atoms with Gasteiger partial charge in [0, 0.05) is 57.7 Å². The van der Waals surface area contributed by atoms with Gasteiger partial charge in [-0.3, -0.25) is 0 Å². The van der Waals surface area contributed by atoms with Crippen molar-refractivity contribution in [3.8, 4) is 10.4 Å². The molecule has 0 fully saturated rings. The van der Waals surface area contributed by atoms with Crippen LogP contribution in [0.2, 0.25) is 0 Å². The van der Waals surface area contributed by atoms with Gasteiger partial charge in [0.25, 0.3) is 0 Å². The highest BCUT2D eigenvalue weighted by Gasteiger charge is 2.25. The minimum absolute atomic E-state index is 0.363. The van der Waals surface area contributed by atoms with E-state index in [9.17, 15) is 0 Å². The van der Waals surface area contributed by atoms with Gasteiger partial charge in [-0.15, -0.1) is 34.0 Å². The highest BCUT2D eigenvalue weighted by molar-refractivity contribution is 7.30.